The van der Waals surface area contributed by atoms with Crippen molar-refractivity contribution in [3.63, 3.8) is 0 Å². The van der Waals surface area contributed by atoms with Crippen molar-refractivity contribution in [1.29, 1.82) is 0 Å². The standard InChI is InChI=1S/C16H27N3/c1-4-17-11-14-5-6-15(18-12-14)13-19-9-7-16(2,3)8-10-19/h5-6,12,17H,4,7-11,13H2,1-3H3. The van der Waals surface area contributed by atoms with Gasteiger partial charge in [-0.3, -0.25) is 9.88 Å². The van der Waals surface area contributed by atoms with E-state index in [-0.39, 0.29) is 0 Å². The molecule has 0 aliphatic carbocycles. The zero-order valence-electron chi connectivity index (χ0n) is 12.6. The van der Waals surface area contributed by atoms with Crippen molar-refractivity contribution in [2.75, 3.05) is 19.6 Å². The second-order valence-corrected chi connectivity index (χ2v) is 6.38. The number of nitrogens with one attached hydrogen (secondary N) is 1. The van der Waals surface area contributed by atoms with Crippen LogP contribution in [0.5, 0.6) is 0 Å². The van der Waals surface area contributed by atoms with Crippen molar-refractivity contribution in [2.24, 2.45) is 5.41 Å². The van der Waals surface area contributed by atoms with Crippen molar-refractivity contribution in [3.8, 4) is 0 Å². The quantitative estimate of drug-likeness (QED) is 0.883. The molecule has 1 aliphatic heterocycles. The molecule has 3 heteroatoms. The Balaban J connectivity index is 1.83. The van der Waals surface area contributed by atoms with E-state index >= 15 is 0 Å². The zero-order valence-corrected chi connectivity index (χ0v) is 12.6. The summed E-state index contributed by atoms with van der Waals surface area (Å²) < 4.78 is 0. The van der Waals surface area contributed by atoms with Crippen molar-refractivity contribution >= 4 is 0 Å². The number of rotatable bonds is 5. The molecule has 0 spiro atoms. The van der Waals surface area contributed by atoms with Crippen LogP contribution < -0.4 is 5.32 Å². The fraction of sp³-hybridized carbons (Fsp3) is 0.688. The average molecular weight is 261 g/mol. The van der Waals surface area contributed by atoms with Gasteiger partial charge in [0.2, 0.25) is 0 Å². The molecule has 1 aromatic rings. The molecule has 19 heavy (non-hydrogen) atoms. The summed E-state index contributed by atoms with van der Waals surface area (Å²) in [4.78, 5) is 7.11. The highest BCUT2D eigenvalue weighted by Crippen LogP contribution is 2.30. The highest BCUT2D eigenvalue weighted by Gasteiger charge is 2.25. The molecule has 0 radical (unpaired) electrons. The smallest absolute Gasteiger partial charge is 0.0544 e. The lowest BCUT2D eigenvalue weighted by molar-refractivity contribution is 0.126. The number of piperidine rings is 1. The Hall–Kier alpha value is -0.930. The van der Waals surface area contributed by atoms with Crippen molar-refractivity contribution in [2.45, 2.75) is 46.7 Å². The van der Waals surface area contributed by atoms with E-state index in [2.05, 4.69) is 48.1 Å². The number of aromatic nitrogens is 1. The van der Waals surface area contributed by atoms with Gasteiger partial charge in [0.1, 0.15) is 0 Å². The lowest BCUT2D eigenvalue weighted by Gasteiger charge is -2.36. The van der Waals surface area contributed by atoms with Gasteiger partial charge >= 0.3 is 0 Å². The number of hydrogen-bond donors (Lipinski definition) is 1. The van der Waals surface area contributed by atoms with Crippen molar-refractivity contribution in [3.05, 3.63) is 29.6 Å². The summed E-state index contributed by atoms with van der Waals surface area (Å²) in [6, 6.07) is 4.37. The lowest BCUT2D eigenvalue weighted by atomic mass is 9.83. The molecule has 1 fully saturated rings. The van der Waals surface area contributed by atoms with Gasteiger partial charge in [-0.05, 0) is 49.5 Å². The largest absolute Gasteiger partial charge is 0.313 e. The van der Waals surface area contributed by atoms with E-state index in [1.54, 1.807) is 0 Å². The first kappa shape index (κ1) is 14.5. The molecule has 3 nitrogen and oxygen atoms in total. The Morgan fingerprint density at radius 2 is 2.00 bits per heavy atom. The van der Waals surface area contributed by atoms with E-state index in [0.29, 0.717) is 5.41 Å². The van der Waals surface area contributed by atoms with Crippen LogP contribution >= 0.6 is 0 Å². The van der Waals surface area contributed by atoms with Gasteiger partial charge in [0, 0.05) is 19.3 Å². The zero-order chi connectivity index (χ0) is 13.7. The summed E-state index contributed by atoms with van der Waals surface area (Å²) in [6.45, 7) is 12.2. The summed E-state index contributed by atoms with van der Waals surface area (Å²) in [7, 11) is 0. The second-order valence-electron chi connectivity index (χ2n) is 6.38. The lowest BCUT2D eigenvalue weighted by Crippen LogP contribution is -2.36. The van der Waals surface area contributed by atoms with E-state index in [4.69, 9.17) is 0 Å². The van der Waals surface area contributed by atoms with Crippen LogP contribution in [-0.4, -0.2) is 29.5 Å². The Labute approximate surface area is 117 Å². The van der Waals surface area contributed by atoms with Crippen LogP contribution in [0.15, 0.2) is 18.3 Å². The topological polar surface area (TPSA) is 28.2 Å². The van der Waals surface area contributed by atoms with Gasteiger partial charge in [-0.25, -0.2) is 0 Å². The molecule has 2 heterocycles. The van der Waals surface area contributed by atoms with Gasteiger partial charge in [-0.15, -0.1) is 0 Å². The van der Waals surface area contributed by atoms with Crippen LogP contribution in [0.1, 0.15) is 44.9 Å². The molecule has 2 rings (SSSR count). The third-order valence-corrected chi connectivity index (χ3v) is 4.06. The minimum atomic E-state index is 0.527. The first-order valence-electron chi connectivity index (χ1n) is 7.46. The Kier molecular flexibility index (Phi) is 4.94. The predicted molar refractivity (Wildman–Crippen MR) is 79.9 cm³/mol. The Morgan fingerprint density at radius 3 is 2.58 bits per heavy atom. The summed E-state index contributed by atoms with van der Waals surface area (Å²) >= 11 is 0. The molecular weight excluding hydrogens is 234 g/mol. The van der Waals surface area contributed by atoms with Crippen molar-refractivity contribution < 1.29 is 0 Å². The van der Waals surface area contributed by atoms with E-state index in [9.17, 15) is 0 Å². The monoisotopic (exact) mass is 261 g/mol. The number of hydrogen-bond acceptors (Lipinski definition) is 3. The summed E-state index contributed by atoms with van der Waals surface area (Å²) in [5.41, 5.74) is 2.99. The molecular formula is C16H27N3. The van der Waals surface area contributed by atoms with E-state index in [1.165, 1.54) is 37.2 Å². The second kappa shape index (κ2) is 6.49. The van der Waals surface area contributed by atoms with E-state index in [0.717, 1.165) is 19.6 Å². The van der Waals surface area contributed by atoms with Gasteiger partial charge in [-0.1, -0.05) is 26.8 Å². The molecule has 0 unspecified atom stereocenters. The van der Waals surface area contributed by atoms with Gasteiger partial charge in [0.25, 0.3) is 0 Å². The maximum absolute atomic E-state index is 4.58. The van der Waals surface area contributed by atoms with Crippen molar-refractivity contribution in [1.82, 2.24) is 15.2 Å². The minimum Gasteiger partial charge on any atom is -0.313 e. The minimum absolute atomic E-state index is 0.527. The molecule has 1 aliphatic rings. The van der Waals surface area contributed by atoms with Crippen LogP contribution in [0.2, 0.25) is 0 Å². The van der Waals surface area contributed by atoms with E-state index in [1.807, 2.05) is 6.20 Å². The highest BCUT2D eigenvalue weighted by atomic mass is 15.1. The van der Waals surface area contributed by atoms with Crippen LogP contribution in [0.4, 0.5) is 0 Å². The van der Waals surface area contributed by atoms with Crippen LogP contribution in [0, 0.1) is 5.41 Å². The number of nitrogens with zero attached hydrogens (tertiary/aromatic N) is 2. The fourth-order valence-corrected chi connectivity index (χ4v) is 2.47. The fourth-order valence-electron chi connectivity index (χ4n) is 2.47. The van der Waals surface area contributed by atoms with Gasteiger partial charge < -0.3 is 5.32 Å². The van der Waals surface area contributed by atoms with Crippen LogP contribution in [-0.2, 0) is 13.1 Å². The highest BCUT2D eigenvalue weighted by molar-refractivity contribution is 5.14. The van der Waals surface area contributed by atoms with Gasteiger partial charge in [-0.2, -0.15) is 0 Å². The molecule has 0 aromatic carbocycles. The third kappa shape index (κ3) is 4.59. The summed E-state index contributed by atoms with van der Waals surface area (Å²) in [6.07, 6.45) is 4.60. The molecule has 106 valence electrons. The third-order valence-electron chi connectivity index (χ3n) is 4.06. The number of likely N-dealkylation sites (tertiary alicyclic amines) is 1. The van der Waals surface area contributed by atoms with E-state index < -0.39 is 0 Å². The Morgan fingerprint density at radius 1 is 1.26 bits per heavy atom. The van der Waals surface area contributed by atoms with Crippen LogP contribution in [0.25, 0.3) is 0 Å². The molecule has 1 aromatic heterocycles. The first-order valence-corrected chi connectivity index (χ1v) is 7.46. The maximum atomic E-state index is 4.58. The number of pyridine rings is 1. The molecule has 1 saturated heterocycles. The SMILES string of the molecule is CCNCc1ccc(CN2CCC(C)(C)CC2)nc1. The average Bonchev–Trinajstić information content (AvgIpc) is 2.40. The molecule has 1 N–H and O–H groups in total. The molecule has 0 bridgehead atoms. The molecule has 0 amide bonds. The summed E-state index contributed by atoms with van der Waals surface area (Å²) in [5.74, 6) is 0. The van der Waals surface area contributed by atoms with Gasteiger partial charge in [0.05, 0.1) is 5.69 Å². The Bertz CT molecular complexity index is 373. The normalized spacial score (nSPS) is 19.5. The first-order chi connectivity index (χ1) is 9.09. The summed E-state index contributed by atoms with van der Waals surface area (Å²) in [5, 5.41) is 3.32. The van der Waals surface area contributed by atoms with Crippen LogP contribution in [0.3, 0.4) is 0 Å². The van der Waals surface area contributed by atoms with Gasteiger partial charge in [0.15, 0.2) is 0 Å². The molecule has 0 atom stereocenters. The molecule has 0 saturated carbocycles. The predicted octanol–water partition coefficient (Wildman–Crippen LogP) is 2.81. The maximum Gasteiger partial charge on any atom is 0.0544 e.